The summed E-state index contributed by atoms with van der Waals surface area (Å²) < 4.78 is 27.6. The first-order valence-corrected chi connectivity index (χ1v) is 15.0. The molecule has 0 radical (unpaired) electrons. The minimum Gasteiger partial charge on any atom is -0.388 e. The maximum Gasteiger partial charge on any atom is 0.472 e. The highest BCUT2D eigenvalue weighted by molar-refractivity contribution is 7.47. The molecule has 0 aliphatic rings. The number of quaternary nitrogens is 1. The van der Waals surface area contributed by atoms with Gasteiger partial charge >= 0.3 is 7.82 Å². The summed E-state index contributed by atoms with van der Waals surface area (Å²) in [5.41, 5.74) is 0. The number of rotatable bonds is 25. The standard InChI is InChI=1S/C26H54NO6P/c1-5-6-7-8-9-10-11-12-13-14-15-16-17-18-19-20-22-31-24-26(28)25-33-34(29,30)32-23-21-27(2,3)4/h12-13,26,28H,5-11,14-25H2,1-4H3/p+1. The Labute approximate surface area is 210 Å². The Morgan fingerprint density at radius 3 is 1.85 bits per heavy atom. The molecule has 0 fully saturated rings. The first-order valence-electron chi connectivity index (χ1n) is 13.5. The predicted molar refractivity (Wildman–Crippen MR) is 141 cm³/mol. The number of likely N-dealkylation sites (N-methyl/N-ethyl adjacent to an activating group) is 1. The monoisotopic (exact) mass is 508 g/mol. The van der Waals surface area contributed by atoms with Crippen LogP contribution in [0.2, 0.25) is 0 Å². The molecule has 0 amide bonds. The zero-order valence-corrected chi connectivity index (χ0v) is 23.5. The largest absolute Gasteiger partial charge is 0.472 e. The van der Waals surface area contributed by atoms with E-state index in [2.05, 4.69) is 19.1 Å². The Morgan fingerprint density at radius 1 is 0.765 bits per heavy atom. The van der Waals surface area contributed by atoms with Gasteiger partial charge in [-0.3, -0.25) is 9.05 Å². The first kappa shape index (κ1) is 33.7. The molecule has 0 bridgehead atoms. The normalized spacial score (nSPS) is 15.1. The third-order valence-electron chi connectivity index (χ3n) is 5.56. The predicted octanol–water partition coefficient (Wildman–Crippen LogP) is 6.24. The Bertz CT molecular complexity index is 524. The van der Waals surface area contributed by atoms with Gasteiger partial charge in [-0.15, -0.1) is 0 Å². The van der Waals surface area contributed by atoms with Crippen LogP contribution in [0.4, 0.5) is 0 Å². The summed E-state index contributed by atoms with van der Waals surface area (Å²) in [6.45, 7) is 3.33. The fourth-order valence-electron chi connectivity index (χ4n) is 3.37. The minimum absolute atomic E-state index is 0.0873. The molecule has 0 aromatic rings. The third-order valence-corrected chi connectivity index (χ3v) is 6.54. The lowest BCUT2D eigenvalue weighted by Gasteiger charge is -2.24. The molecular formula is C26H55NO6P+. The lowest BCUT2D eigenvalue weighted by atomic mass is 10.1. The number of ether oxygens (including phenoxy) is 1. The lowest BCUT2D eigenvalue weighted by molar-refractivity contribution is -0.870. The van der Waals surface area contributed by atoms with Crippen LogP contribution in [0.1, 0.15) is 96.8 Å². The van der Waals surface area contributed by atoms with Crippen LogP contribution in [0.5, 0.6) is 0 Å². The van der Waals surface area contributed by atoms with Crippen LogP contribution in [0.25, 0.3) is 0 Å². The molecule has 2 unspecified atom stereocenters. The Hall–Kier alpha value is -0.270. The number of nitrogens with zero attached hydrogens (tertiary/aromatic N) is 1. The number of phosphoric ester groups is 1. The van der Waals surface area contributed by atoms with Crippen molar-refractivity contribution in [3.05, 3.63) is 12.2 Å². The summed E-state index contributed by atoms with van der Waals surface area (Å²) in [5.74, 6) is 0. The first-order chi connectivity index (χ1) is 16.2. The van der Waals surface area contributed by atoms with Crippen LogP contribution in [-0.2, 0) is 18.3 Å². The smallest absolute Gasteiger partial charge is 0.388 e. The van der Waals surface area contributed by atoms with Gasteiger partial charge in [-0.2, -0.15) is 0 Å². The van der Waals surface area contributed by atoms with Gasteiger partial charge in [0.25, 0.3) is 0 Å². The van der Waals surface area contributed by atoms with Crippen molar-refractivity contribution in [1.29, 1.82) is 0 Å². The van der Waals surface area contributed by atoms with Crippen molar-refractivity contribution in [2.45, 2.75) is 103 Å². The average Bonchev–Trinajstić information content (AvgIpc) is 2.76. The summed E-state index contributed by atoms with van der Waals surface area (Å²) >= 11 is 0. The maximum atomic E-state index is 11.8. The van der Waals surface area contributed by atoms with Gasteiger partial charge in [-0.1, -0.05) is 76.9 Å². The minimum atomic E-state index is -4.14. The van der Waals surface area contributed by atoms with Crippen LogP contribution in [0.15, 0.2) is 12.2 Å². The van der Waals surface area contributed by atoms with Crippen molar-refractivity contribution in [3.63, 3.8) is 0 Å². The molecule has 0 aliphatic heterocycles. The van der Waals surface area contributed by atoms with Gasteiger partial charge in [-0.05, 0) is 32.1 Å². The van der Waals surface area contributed by atoms with Crippen molar-refractivity contribution in [2.24, 2.45) is 0 Å². The van der Waals surface area contributed by atoms with Gasteiger partial charge < -0.3 is 19.2 Å². The second-order valence-corrected chi connectivity index (χ2v) is 11.7. The molecule has 0 aromatic heterocycles. The molecule has 0 aliphatic carbocycles. The highest BCUT2D eigenvalue weighted by atomic mass is 31.2. The van der Waals surface area contributed by atoms with Gasteiger partial charge in [0.05, 0.1) is 34.4 Å². The van der Waals surface area contributed by atoms with Crippen LogP contribution in [0, 0.1) is 0 Å². The maximum absolute atomic E-state index is 11.8. The van der Waals surface area contributed by atoms with Crippen molar-refractivity contribution < 1.29 is 32.8 Å². The van der Waals surface area contributed by atoms with Crippen molar-refractivity contribution >= 4 is 7.82 Å². The molecule has 0 aromatic carbocycles. The van der Waals surface area contributed by atoms with Crippen molar-refractivity contribution in [1.82, 2.24) is 0 Å². The molecule has 7 nitrogen and oxygen atoms in total. The molecule has 8 heteroatoms. The SMILES string of the molecule is CCCCCCCCC=CCCCCCCCCOCC(O)COP(=O)(O)OCC[N+](C)(C)C. The van der Waals surface area contributed by atoms with Crippen LogP contribution in [0.3, 0.4) is 0 Å². The van der Waals surface area contributed by atoms with Crippen molar-refractivity contribution in [2.75, 3.05) is 54.1 Å². The third kappa shape index (κ3) is 26.3. The number of hydrogen-bond donors (Lipinski definition) is 2. The molecule has 0 spiro atoms. The van der Waals surface area contributed by atoms with Crippen LogP contribution >= 0.6 is 7.82 Å². The van der Waals surface area contributed by atoms with Gasteiger partial charge in [0, 0.05) is 6.61 Å². The molecule has 0 heterocycles. The zero-order chi connectivity index (χ0) is 25.5. The van der Waals surface area contributed by atoms with Gasteiger partial charge in [-0.25, -0.2) is 4.57 Å². The quantitative estimate of drug-likeness (QED) is 0.0657. The summed E-state index contributed by atoms with van der Waals surface area (Å²) in [7, 11) is 1.75. The van der Waals surface area contributed by atoms with E-state index < -0.39 is 13.9 Å². The van der Waals surface area contributed by atoms with E-state index in [1.165, 1.54) is 77.0 Å². The number of allylic oxidation sites excluding steroid dienone is 2. The van der Waals surface area contributed by atoms with Gasteiger partial charge in [0.1, 0.15) is 19.3 Å². The van der Waals surface area contributed by atoms with E-state index >= 15 is 0 Å². The molecule has 34 heavy (non-hydrogen) atoms. The van der Waals surface area contributed by atoms with E-state index in [-0.39, 0.29) is 19.8 Å². The fraction of sp³-hybridized carbons (Fsp3) is 0.923. The van der Waals surface area contributed by atoms with Crippen LogP contribution < -0.4 is 0 Å². The molecule has 2 N–H and O–H groups in total. The lowest BCUT2D eigenvalue weighted by Crippen LogP contribution is -2.37. The van der Waals surface area contributed by atoms with E-state index in [0.717, 1.165) is 12.8 Å². The Kier molecular flexibility index (Phi) is 21.8. The molecule has 0 saturated heterocycles. The zero-order valence-electron chi connectivity index (χ0n) is 22.6. The fourth-order valence-corrected chi connectivity index (χ4v) is 4.11. The van der Waals surface area contributed by atoms with Gasteiger partial charge in [0.2, 0.25) is 0 Å². The van der Waals surface area contributed by atoms with E-state index in [0.29, 0.717) is 17.6 Å². The number of phosphoric acid groups is 1. The molecule has 0 rings (SSSR count). The number of unbranched alkanes of at least 4 members (excludes halogenated alkanes) is 12. The van der Waals surface area contributed by atoms with E-state index in [1.54, 1.807) is 0 Å². The Morgan fingerprint density at radius 2 is 1.29 bits per heavy atom. The summed E-state index contributed by atoms with van der Waals surface area (Å²) in [5, 5.41) is 9.86. The number of hydrogen-bond acceptors (Lipinski definition) is 5. The highest BCUT2D eigenvalue weighted by Crippen LogP contribution is 2.43. The summed E-state index contributed by atoms with van der Waals surface area (Å²) in [6.07, 6.45) is 21.4. The number of aliphatic hydroxyl groups excluding tert-OH is 1. The second kappa shape index (κ2) is 22.0. The van der Waals surface area contributed by atoms with E-state index in [1.807, 2.05) is 21.1 Å². The van der Waals surface area contributed by atoms with Gasteiger partial charge in [0.15, 0.2) is 0 Å². The molecule has 2 atom stereocenters. The van der Waals surface area contributed by atoms with Crippen LogP contribution in [-0.4, -0.2) is 74.7 Å². The Balaban J connectivity index is 3.43. The van der Waals surface area contributed by atoms with E-state index in [9.17, 15) is 14.6 Å². The second-order valence-electron chi connectivity index (χ2n) is 10.3. The van der Waals surface area contributed by atoms with E-state index in [4.69, 9.17) is 13.8 Å². The number of aliphatic hydroxyl groups is 1. The molecule has 0 saturated carbocycles. The average molecular weight is 509 g/mol. The molecule has 204 valence electrons. The topological polar surface area (TPSA) is 85.2 Å². The summed E-state index contributed by atoms with van der Waals surface area (Å²) in [4.78, 5) is 9.64. The summed E-state index contributed by atoms with van der Waals surface area (Å²) in [6, 6.07) is 0. The van der Waals surface area contributed by atoms with Crippen molar-refractivity contribution in [3.8, 4) is 0 Å². The highest BCUT2D eigenvalue weighted by Gasteiger charge is 2.24. The molecular weight excluding hydrogens is 453 g/mol.